The molecule has 0 amide bonds. The summed E-state index contributed by atoms with van der Waals surface area (Å²) in [6.45, 7) is 0. The van der Waals surface area contributed by atoms with Crippen molar-refractivity contribution < 1.29 is 14.6 Å². The van der Waals surface area contributed by atoms with Crippen LogP contribution in [0, 0.1) is 0 Å². The van der Waals surface area contributed by atoms with Gasteiger partial charge in [-0.15, -0.1) is 15.0 Å². The van der Waals surface area contributed by atoms with Crippen molar-refractivity contribution in [3.63, 3.8) is 0 Å². The van der Waals surface area contributed by atoms with Gasteiger partial charge >= 0.3 is 18.0 Å². The van der Waals surface area contributed by atoms with Crippen molar-refractivity contribution in [3.8, 4) is 18.0 Å². The molecule has 1 heterocycles. The smallest absolute Gasteiger partial charge is 0.376 e. The maximum absolute atomic E-state index is 10.6. The van der Waals surface area contributed by atoms with E-state index in [0.29, 0.717) is 0 Å². The fourth-order valence-electron chi connectivity index (χ4n) is 0.503. The molecule has 1 radical (unpaired) electrons. The van der Waals surface area contributed by atoms with Crippen LogP contribution in [-0.4, -0.2) is 29.2 Å². The highest BCUT2D eigenvalue weighted by molar-refractivity contribution is 5.06. The molecule has 0 spiro atoms. The zero-order valence-electron chi connectivity index (χ0n) is 6.07. The van der Waals surface area contributed by atoms with E-state index in [0.717, 1.165) is 0 Å². The van der Waals surface area contributed by atoms with Crippen LogP contribution in [0.25, 0.3) is 0 Å². The third-order valence-electron chi connectivity index (χ3n) is 0.939. The van der Waals surface area contributed by atoms with E-state index >= 15 is 0 Å². The standard InChI is InChI=1S/C5H6N3O3/c1-10-4-6-3(9)7-5(8-4)11-2/h1-2H3/i9-13. The summed E-state index contributed by atoms with van der Waals surface area (Å²) in [4.78, 5) is 10.2. The molecular weight excluding hydrogens is 137 g/mol. The summed E-state index contributed by atoms with van der Waals surface area (Å²) in [5.74, 6) is 0. The third-order valence-corrected chi connectivity index (χ3v) is 0.939. The summed E-state index contributed by atoms with van der Waals surface area (Å²) in [5.41, 5.74) is 0. The maximum atomic E-state index is 10.6. The minimum absolute atomic E-state index is 0.0400. The largest absolute Gasteiger partial charge is 0.467 e. The van der Waals surface area contributed by atoms with E-state index in [-0.39, 0.29) is 12.0 Å². The molecule has 6 heteroatoms. The van der Waals surface area contributed by atoms with E-state index in [1.165, 1.54) is 14.2 Å². The molecule has 0 atom stereocenters. The van der Waals surface area contributed by atoms with Crippen molar-refractivity contribution in [2.75, 3.05) is 14.2 Å². The number of hydrogen-bond donors (Lipinski definition) is 0. The third kappa shape index (κ3) is 1.66. The molecule has 11 heavy (non-hydrogen) atoms. The van der Waals surface area contributed by atoms with Crippen LogP contribution in [0.2, 0.25) is 0 Å². The van der Waals surface area contributed by atoms with Gasteiger partial charge in [0.05, 0.1) is 14.2 Å². The Balaban J connectivity index is 3.02. The Hall–Kier alpha value is -1.59. The highest BCUT2D eigenvalue weighted by Gasteiger charge is 2.05. The van der Waals surface area contributed by atoms with Crippen molar-refractivity contribution in [1.29, 1.82) is 0 Å². The second-order valence-corrected chi connectivity index (χ2v) is 1.59. The zero-order chi connectivity index (χ0) is 8.27. The van der Waals surface area contributed by atoms with Gasteiger partial charge in [-0.2, -0.15) is 0 Å². The van der Waals surface area contributed by atoms with Crippen LogP contribution < -0.4 is 9.47 Å². The first-order chi connectivity index (χ1) is 5.26. The van der Waals surface area contributed by atoms with Gasteiger partial charge in [0.15, 0.2) is 0 Å². The SMILES string of the molecule is COc1nc([3O])nc(OC)n1. The van der Waals surface area contributed by atoms with E-state index in [1.54, 1.807) is 0 Å². The molecule has 0 aromatic carbocycles. The van der Waals surface area contributed by atoms with Gasteiger partial charge in [-0.25, -0.2) is 5.11 Å². The molecule has 0 unspecified atom stereocenters. The molecule has 0 fully saturated rings. The van der Waals surface area contributed by atoms with E-state index in [4.69, 9.17) is 0 Å². The van der Waals surface area contributed by atoms with Crippen LogP contribution in [0.3, 0.4) is 0 Å². The minimum Gasteiger partial charge on any atom is -0.467 e. The Kier molecular flexibility index (Phi) is 2.05. The van der Waals surface area contributed by atoms with Crippen molar-refractivity contribution >= 4 is 0 Å². The van der Waals surface area contributed by atoms with Crippen LogP contribution in [0.5, 0.6) is 18.0 Å². The van der Waals surface area contributed by atoms with Crippen molar-refractivity contribution in [2.45, 2.75) is 0 Å². The molecule has 1 aromatic rings. The molecule has 0 aliphatic heterocycles. The highest BCUT2D eigenvalue weighted by Crippen LogP contribution is 2.11. The van der Waals surface area contributed by atoms with Gasteiger partial charge in [-0.05, 0) is 0 Å². The average Bonchev–Trinajstić information content (AvgIpc) is 2.03. The molecule has 0 aliphatic rings. The lowest BCUT2D eigenvalue weighted by Gasteiger charge is -1.98. The number of methoxy groups -OCH3 is 2. The predicted octanol–water partition coefficient (Wildman–Crippen LogP) is 0.0326. The lowest BCUT2D eigenvalue weighted by Crippen LogP contribution is -1.97. The first-order valence-electron chi connectivity index (χ1n) is 2.77. The van der Waals surface area contributed by atoms with Crippen LogP contribution in [-0.2, 0) is 5.11 Å². The molecule has 1 aromatic heterocycles. The summed E-state index contributed by atoms with van der Waals surface area (Å²) in [5, 5.41) is 10.6. The van der Waals surface area contributed by atoms with E-state index in [9.17, 15) is 5.11 Å². The summed E-state index contributed by atoms with van der Waals surface area (Å²) in [6.07, 6.45) is 0. The van der Waals surface area contributed by atoms with Gasteiger partial charge in [-0.3, -0.25) is 0 Å². The van der Waals surface area contributed by atoms with Gasteiger partial charge in [0, 0.05) is 0 Å². The zero-order valence-corrected chi connectivity index (χ0v) is 6.07. The number of ether oxygens (including phenoxy) is 2. The Bertz CT molecular complexity index is 230. The molecule has 0 N–H and O–H groups in total. The van der Waals surface area contributed by atoms with Gasteiger partial charge in [0.1, 0.15) is 0 Å². The van der Waals surface area contributed by atoms with Crippen LogP contribution >= 0.6 is 0 Å². The average molecular weight is 143 g/mol. The monoisotopic (exact) mass is 143 g/mol. The Labute approximate surface area is 62.8 Å². The first kappa shape index (κ1) is 7.52. The quantitative estimate of drug-likeness (QED) is 0.583. The van der Waals surface area contributed by atoms with Crippen LogP contribution in [0.15, 0.2) is 0 Å². The minimum atomic E-state index is -0.673. The number of hydrogen-bond acceptors (Lipinski definition) is 5. The summed E-state index contributed by atoms with van der Waals surface area (Å²) in [7, 11) is 2.71. The molecule has 6 nitrogen and oxygen atoms in total. The van der Waals surface area contributed by atoms with E-state index in [2.05, 4.69) is 24.4 Å². The Morgan fingerprint density at radius 1 is 1.00 bits per heavy atom. The lowest BCUT2D eigenvalue weighted by molar-refractivity contribution is 0.278. The second kappa shape index (κ2) is 3.00. The molecule has 0 saturated carbocycles. The summed E-state index contributed by atoms with van der Waals surface area (Å²) >= 11 is 0. The second-order valence-electron chi connectivity index (χ2n) is 1.59. The van der Waals surface area contributed by atoms with Crippen molar-refractivity contribution in [3.05, 3.63) is 0 Å². The lowest BCUT2D eigenvalue weighted by atomic mass is 2.89. The number of nitrogens with zero attached hydrogens (tertiary/aromatic N) is 3. The number of rotatable bonds is 2. The molecule has 1 rings (SSSR count). The fraction of sp³-hybridized carbons (Fsp3) is 0.400. The Morgan fingerprint density at radius 2 is 1.45 bits per heavy atom. The van der Waals surface area contributed by atoms with Gasteiger partial charge in [-0.1, -0.05) is 0 Å². The molecule has 0 saturated heterocycles. The van der Waals surface area contributed by atoms with E-state index < -0.39 is 6.01 Å². The fourth-order valence-corrected chi connectivity index (χ4v) is 0.503. The summed E-state index contributed by atoms with van der Waals surface area (Å²) in [6, 6.07) is -0.752. The maximum Gasteiger partial charge on any atom is 0.376 e. The predicted molar refractivity (Wildman–Crippen MR) is 33.1 cm³/mol. The highest BCUT2D eigenvalue weighted by atomic mass is 16.5. The normalized spacial score (nSPS) is 9.27. The van der Waals surface area contributed by atoms with Gasteiger partial charge in [0.25, 0.3) is 0 Å². The molecule has 0 bridgehead atoms. The van der Waals surface area contributed by atoms with E-state index in [1.807, 2.05) is 0 Å². The Morgan fingerprint density at radius 3 is 1.82 bits per heavy atom. The van der Waals surface area contributed by atoms with Crippen molar-refractivity contribution in [1.82, 2.24) is 15.0 Å². The van der Waals surface area contributed by atoms with Crippen molar-refractivity contribution in [2.24, 2.45) is 0 Å². The molecular formula is C5H6N3O3. The van der Waals surface area contributed by atoms with Gasteiger partial charge in [0.2, 0.25) is 0 Å². The molecule has 59 valence electrons. The number of aromatic nitrogens is 3. The summed E-state index contributed by atoms with van der Waals surface area (Å²) < 4.78 is 9.19. The molecule has 0 aliphatic carbocycles. The topological polar surface area (TPSA) is 77.0 Å². The van der Waals surface area contributed by atoms with Gasteiger partial charge < -0.3 is 9.47 Å². The first-order valence-corrected chi connectivity index (χ1v) is 2.77. The van der Waals surface area contributed by atoms with Crippen LogP contribution in [0.4, 0.5) is 0 Å². The van der Waals surface area contributed by atoms with Crippen LogP contribution in [0.1, 0.15) is 0 Å².